The van der Waals surface area contributed by atoms with E-state index in [0.29, 0.717) is 18.6 Å². The Hall–Kier alpha value is -2.27. The minimum Gasteiger partial charge on any atom is -0.464 e. The Morgan fingerprint density at radius 1 is 1.12 bits per heavy atom. The van der Waals surface area contributed by atoms with Crippen molar-refractivity contribution in [2.75, 3.05) is 6.61 Å². The Kier molecular flexibility index (Phi) is 4.90. The van der Waals surface area contributed by atoms with Crippen LogP contribution in [0.5, 0.6) is 0 Å². The van der Waals surface area contributed by atoms with Crippen LogP contribution >= 0.6 is 11.8 Å². The average molecular weight is 341 g/mol. The summed E-state index contributed by atoms with van der Waals surface area (Å²) < 4.78 is 5.21. The van der Waals surface area contributed by atoms with Gasteiger partial charge < -0.3 is 10.1 Å². The highest BCUT2D eigenvalue weighted by Crippen LogP contribution is 2.49. The molecule has 4 nitrogen and oxygen atoms in total. The minimum atomic E-state index is -0.941. The second-order valence-electron chi connectivity index (χ2n) is 5.64. The number of rotatable bonds is 6. The molecular weight excluding hydrogens is 322 g/mol. The Morgan fingerprint density at radius 2 is 1.75 bits per heavy atom. The first kappa shape index (κ1) is 16.6. The number of hydrogen-bond acceptors (Lipinski definition) is 4. The van der Waals surface area contributed by atoms with Gasteiger partial charge in [0, 0.05) is 15.7 Å². The molecule has 2 aromatic carbocycles. The van der Waals surface area contributed by atoms with E-state index in [1.807, 2.05) is 36.4 Å². The molecule has 3 rings (SSSR count). The molecule has 24 heavy (non-hydrogen) atoms. The van der Waals surface area contributed by atoms with E-state index in [2.05, 4.69) is 5.32 Å². The van der Waals surface area contributed by atoms with Crippen LogP contribution in [0.4, 0.5) is 0 Å². The fourth-order valence-corrected chi connectivity index (χ4v) is 3.91. The van der Waals surface area contributed by atoms with Gasteiger partial charge in [-0.05, 0) is 37.6 Å². The van der Waals surface area contributed by atoms with Gasteiger partial charge in [0.1, 0.15) is 0 Å². The van der Waals surface area contributed by atoms with Gasteiger partial charge in [-0.15, -0.1) is 11.8 Å². The lowest BCUT2D eigenvalue weighted by molar-refractivity contribution is -0.146. The summed E-state index contributed by atoms with van der Waals surface area (Å²) in [7, 11) is 0. The molecule has 0 radical (unpaired) electrons. The summed E-state index contributed by atoms with van der Waals surface area (Å²) in [6, 6.07) is 18.8. The molecule has 2 atom stereocenters. The lowest BCUT2D eigenvalue weighted by atomic mass is 10.2. The van der Waals surface area contributed by atoms with Crippen LogP contribution in [0.1, 0.15) is 23.7 Å². The van der Waals surface area contributed by atoms with Crippen molar-refractivity contribution in [3.63, 3.8) is 0 Å². The van der Waals surface area contributed by atoms with E-state index < -0.39 is 5.54 Å². The molecule has 0 aliphatic heterocycles. The van der Waals surface area contributed by atoms with Gasteiger partial charge in [-0.25, -0.2) is 4.79 Å². The zero-order valence-electron chi connectivity index (χ0n) is 13.4. The van der Waals surface area contributed by atoms with Crippen molar-refractivity contribution in [2.24, 2.45) is 0 Å². The summed E-state index contributed by atoms with van der Waals surface area (Å²) in [6.07, 6.45) is 0.573. The molecule has 1 saturated carbocycles. The van der Waals surface area contributed by atoms with Gasteiger partial charge in [0.25, 0.3) is 5.91 Å². The number of carbonyl (C=O) groups excluding carboxylic acids is 2. The zero-order valence-corrected chi connectivity index (χ0v) is 14.2. The van der Waals surface area contributed by atoms with Gasteiger partial charge in [-0.3, -0.25) is 4.79 Å². The number of hydrogen-bond donors (Lipinski definition) is 1. The summed E-state index contributed by atoms with van der Waals surface area (Å²) >= 11 is 1.59. The van der Waals surface area contributed by atoms with Gasteiger partial charge in [0.05, 0.1) is 6.61 Å². The number of carbonyl (C=O) groups is 2. The molecule has 5 heteroatoms. The molecule has 1 N–H and O–H groups in total. The van der Waals surface area contributed by atoms with Crippen molar-refractivity contribution in [1.29, 1.82) is 0 Å². The van der Waals surface area contributed by atoms with E-state index in [0.717, 1.165) is 4.90 Å². The fourth-order valence-electron chi connectivity index (χ4n) is 2.56. The van der Waals surface area contributed by atoms with Crippen molar-refractivity contribution >= 4 is 23.6 Å². The predicted molar refractivity (Wildman–Crippen MR) is 94.0 cm³/mol. The maximum atomic E-state index is 12.5. The minimum absolute atomic E-state index is 0.0217. The van der Waals surface area contributed by atoms with Crippen LogP contribution in [-0.2, 0) is 9.53 Å². The van der Waals surface area contributed by atoms with Gasteiger partial charge in [0.2, 0.25) is 0 Å². The van der Waals surface area contributed by atoms with E-state index >= 15 is 0 Å². The number of nitrogens with one attached hydrogen (secondary N) is 1. The van der Waals surface area contributed by atoms with Crippen LogP contribution < -0.4 is 5.32 Å². The van der Waals surface area contributed by atoms with E-state index in [1.54, 1.807) is 43.0 Å². The topological polar surface area (TPSA) is 55.4 Å². The molecule has 0 bridgehead atoms. The molecule has 2 aromatic rings. The SMILES string of the molecule is CCOC(=O)[C@@]1(NC(=O)c2ccccc2)C[C@H]1Sc1ccccc1. The van der Waals surface area contributed by atoms with Crippen molar-refractivity contribution < 1.29 is 14.3 Å². The highest BCUT2D eigenvalue weighted by Gasteiger charge is 2.63. The molecule has 1 amide bonds. The molecule has 1 aliphatic rings. The Morgan fingerprint density at radius 3 is 2.38 bits per heavy atom. The quantitative estimate of drug-likeness (QED) is 0.819. The fraction of sp³-hybridized carbons (Fsp3) is 0.263. The van der Waals surface area contributed by atoms with Crippen LogP contribution in [0.15, 0.2) is 65.6 Å². The van der Waals surface area contributed by atoms with Gasteiger partial charge in [-0.2, -0.15) is 0 Å². The third-order valence-electron chi connectivity index (χ3n) is 3.93. The van der Waals surface area contributed by atoms with Gasteiger partial charge >= 0.3 is 5.97 Å². The third kappa shape index (κ3) is 3.46. The molecule has 0 heterocycles. The number of thioether (sulfide) groups is 1. The van der Waals surface area contributed by atoms with Crippen LogP contribution in [-0.4, -0.2) is 29.3 Å². The predicted octanol–water partition coefficient (Wildman–Crippen LogP) is 3.28. The van der Waals surface area contributed by atoms with Crippen LogP contribution in [0.25, 0.3) is 0 Å². The van der Waals surface area contributed by atoms with Crippen molar-refractivity contribution in [1.82, 2.24) is 5.32 Å². The van der Waals surface area contributed by atoms with E-state index in [1.165, 1.54) is 0 Å². The summed E-state index contributed by atoms with van der Waals surface area (Å²) in [5, 5.41) is 2.88. The normalized spacial score (nSPS) is 21.8. The zero-order chi connectivity index (χ0) is 17.0. The first-order valence-electron chi connectivity index (χ1n) is 7.92. The molecule has 1 fully saturated rings. The molecular formula is C19H19NO3S. The maximum absolute atomic E-state index is 12.5. The van der Waals surface area contributed by atoms with Crippen LogP contribution in [0, 0.1) is 0 Å². The molecule has 0 unspecified atom stereocenters. The molecule has 124 valence electrons. The summed E-state index contributed by atoms with van der Waals surface area (Å²) in [5.74, 6) is -0.609. The van der Waals surface area contributed by atoms with Crippen LogP contribution in [0.2, 0.25) is 0 Å². The van der Waals surface area contributed by atoms with Crippen LogP contribution in [0.3, 0.4) is 0 Å². The summed E-state index contributed by atoms with van der Waals surface area (Å²) in [4.78, 5) is 26.0. The van der Waals surface area contributed by atoms with Crippen molar-refractivity contribution in [3.05, 3.63) is 66.2 Å². The highest BCUT2D eigenvalue weighted by atomic mass is 32.2. The van der Waals surface area contributed by atoms with Gasteiger partial charge in [-0.1, -0.05) is 36.4 Å². The first-order chi connectivity index (χ1) is 11.7. The third-order valence-corrected chi connectivity index (χ3v) is 5.33. The Bertz CT molecular complexity index is 720. The van der Waals surface area contributed by atoms with Gasteiger partial charge in [0.15, 0.2) is 5.54 Å². The molecule has 0 spiro atoms. The standard InChI is InChI=1S/C19H19NO3S/c1-2-23-18(22)19(20-17(21)14-9-5-3-6-10-14)13-16(19)24-15-11-7-4-8-12-15/h3-12,16H,2,13H2,1H3,(H,20,21)/t16-,19-/m1/s1. The number of benzene rings is 2. The molecule has 0 saturated heterocycles. The monoisotopic (exact) mass is 341 g/mol. The number of amides is 1. The largest absolute Gasteiger partial charge is 0.464 e. The van der Waals surface area contributed by atoms with E-state index in [-0.39, 0.29) is 17.1 Å². The lowest BCUT2D eigenvalue weighted by Gasteiger charge is -2.18. The smallest absolute Gasteiger partial charge is 0.333 e. The Balaban J connectivity index is 1.75. The summed E-state index contributed by atoms with van der Waals surface area (Å²) in [5.41, 5.74) is -0.403. The molecule has 0 aromatic heterocycles. The second-order valence-corrected chi connectivity index (χ2v) is 6.91. The van der Waals surface area contributed by atoms with Crippen molar-refractivity contribution in [2.45, 2.75) is 29.0 Å². The number of ether oxygens (including phenoxy) is 1. The Labute approximate surface area is 145 Å². The summed E-state index contributed by atoms with van der Waals surface area (Å²) in [6.45, 7) is 2.07. The van der Waals surface area contributed by atoms with E-state index in [4.69, 9.17) is 4.74 Å². The molecule has 1 aliphatic carbocycles. The second kappa shape index (κ2) is 7.09. The maximum Gasteiger partial charge on any atom is 0.333 e. The average Bonchev–Trinajstić information content (AvgIpc) is 3.30. The first-order valence-corrected chi connectivity index (χ1v) is 8.80. The van der Waals surface area contributed by atoms with Crippen molar-refractivity contribution in [3.8, 4) is 0 Å². The van der Waals surface area contributed by atoms with E-state index in [9.17, 15) is 9.59 Å². The lowest BCUT2D eigenvalue weighted by Crippen LogP contribution is -2.46. The highest BCUT2D eigenvalue weighted by molar-refractivity contribution is 8.00. The number of esters is 1.